The van der Waals surface area contributed by atoms with Gasteiger partial charge >= 0.3 is 0 Å². The summed E-state index contributed by atoms with van der Waals surface area (Å²) in [7, 11) is 0. The van der Waals surface area contributed by atoms with Crippen LogP contribution in [0.4, 0.5) is 0 Å². The maximum atomic E-state index is 8.89. The predicted molar refractivity (Wildman–Crippen MR) is 51.3 cm³/mol. The van der Waals surface area contributed by atoms with E-state index in [0.717, 1.165) is 19.1 Å². The van der Waals surface area contributed by atoms with Gasteiger partial charge in [-0.2, -0.15) is 0 Å². The molecule has 1 aromatic heterocycles. The summed E-state index contributed by atoms with van der Waals surface area (Å²) in [6, 6.07) is 2.81. The molecule has 1 aliphatic carbocycles. The van der Waals surface area contributed by atoms with Gasteiger partial charge in [0, 0.05) is 31.5 Å². The molecule has 0 amide bonds. The lowest BCUT2D eigenvalue weighted by molar-refractivity contribution is 0.183. The lowest BCUT2D eigenvalue weighted by atomic mass is 10.3. The standard InChI is InChI=1S/C10H16N2O/c13-6-5-12(10-1-2-10)8-9-3-4-11-7-9/h3-4,7,10-11,13H,1-2,5-6,8H2. The Morgan fingerprint density at radius 1 is 1.54 bits per heavy atom. The second kappa shape index (κ2) is 3.94. The van der Waals surface area contributed by atoms with Crippen LogP contribution in [0, 0.1) is 0 Å². The summed E-state index contributed by atoms with van der Waals surface area (Å²) in [6.45, 7) is 2.03. The fourth-order valence-corrected chi connectivity index (χ4v) is 1.65. The van der Waals surface area contributed by atoms with Gasteiger partial charge in [-0.1, -0.05) is 0 Å². The molecule has 2 N–H and O–H groups in total. The topological polar surface area (TPSA) is 39.3 Å². The Hall–Kier alpha value is -0.800. The zero-order valence-electron chi connectivity index (χ0n) is 7.74. The lowest BCUT2D eigenvalue weighted by Gasteiger charge is -2.19. The largest absolute Gasteiger partial charge is 0.395 e. The van der Waals surface area contributed by atoms with Crippen LogP contribution in [0.15, 0.2) is 18.5 Å². The molecule has 13 heavy (non-hydrogen) atoms. The van der Waals surface area contributed by atoms with Gasteiger partial charge in [0.2, 0.25) is 0 Å². The van der Waals surface area contributed by atoms with Crippen molar-refractivity contribution >= 4 is 0 Å². The Balaban J connectivity index is 1.89. The summed E-state index contributed by atoms with van der Waals surface area (Å²) < 4.78 is 0. The molecule has 0 aliphatic heterocycles. The molecule has 1 aliphatic rings. The average Bonchev–Trinajstić information content (AvgIpc) is 2.85. The molecule has 0 aromatic carbocycles. The lowest BCUT2D eigenvalue weighted by Crippen LogP contribution is -2.28. The van der Waals surface area contributed by atoms with E-state index < -0.39 is 0 Å². The van der Waals surface area contributed by atoms with Crippen LogP contribution in [0.1, 0.15) is 18.4 Å². The fraction of sp³-hybridized carbons (Fsp3) is 0.600. The van der Waals surface area contributed by atoms with Crippen LogP contribution < -0.4 is 0 Å². The highest BCUT2D eigenvalue weighted by Gasteiger charge is 2.28. The fourth-order valence-electron chi connectivity index (χ4n) is 1.65. The second-order valence-electron chi connectivity index (χ2n) is 3.64. The summed E-state index contributed by atoms with van der Waals surface area (Å²) >= 11 is 0. The van der Waals surface area contributed by atoms with Crippen molar-refractivity contribution < 1.29 is 5.11 Å². The molecule has 0 saturated heterocycles. The van der Waals surface area contributed by atoms with E-state index in [9.17, 15) is 0 Å². The maximum Gasteiger partial charge on any atom is 0.0558 e. The number of aromatic nitrogens is 1. The molecule has 0 unspecified atom stereocenters. The second-order valence-corrected chi connectivity index (χ2v) is 3.64. The number of hydrogen-bond donors (Lipinski definition) is 2. The molecule has 1 aromatic rings. The number of nitrogens with one attached hydrogen (secondary N) is 1. The first kappa shape index (κ1) is 8.78. The Kier molecular flexibility index (Phi) is 2.66. The molecule has 3 nitrogen and oxygen atoms in total. The van der Waals surface area contributed by atoms with Crippen LogP contribution in [0.2, 0.25) is 0 Å². The minimum absolute atomic E-state index is 0.265. The molecule has 1 heterocycles. The third-order valence-electron chi connectivity index (χ3n) is 2.50. The minimum Gasteiger partial charge on any atom is -0.395 e. The van der Waals surface area contributed by atoms with E-state index in [1.54, 1.807) is 0 Å². The number of aliphatic hydroxyl groups excluding tert-OH is 1. The van der Waals surface area contributed by atoms with Crippen molar-refractivity contribution in [2.75, 3.05) is 13.2 Å². The normalized spacial score (nSPS) is 16.8. The first-order valence-corrected chi connectivity index (χ1v) is 4.86. The summed E-state index contributed by atoms with van der Waals surface area (Å²) in [5.41, 5.74) is 1.31. The van der Waals surface area contributed by atoms with E-state index in [0.29, 0.717) is 0 Å². The molecule has 72 valence electrons. The molecular weight excluding hydrogens is 164 g/mol. The van der Waals surface area contributed by atoms with Crippen LogP contribution in [0.3, 0.4) is 0 Å². The van der Waals surface area contributed by atoms with Gasteiger partial charge in [-0.15, -0.1) is 0 Å². The minimum atomic E-state index is 0.265. The maximum absolute atomic E-state index is 8.89. The molecule has 0 spiro atoms. The number of hydrogen-bond acceptors (Lipinski definition) is 2. The number of aromatic amines is 1. The number of rotatable bonds is 5. The zero-order valence-corrected chi connectivity index (χ0v) is 7.74. The van der Waals surface area contributed by atoms with Gasteiger partial charge in [-0.05, 0) is 24.5 Å². The van der Waals surface area contributed by atoms with Crippen molar-refractivity contribution in [2.24, 2.45) is 0 Å². The van der Waals surface area contributed by atoms with Crippen LogP contribution in [0.25, 0.3) is 0 Å². The Labute approximate surface area is 78.4 Å². The van der Waals surface area contributed by atoms with E-state index in [1.165, 1.54) is 18.4 Å². The summed E-state index contributed by atoms with van der Waals surface area (Å²) in [4.78, 5) is 5.40. The highest BCUT2D eigenvalue weighted by Crippen LogP contribution is 2.27. The SMILES string of the molecule is OCCN(Cc1cc[nH]c1)C1CC1. The van der Waals surface area contributed by atoms with E-state index in [-0.39, 0.29) is 6.61 Å². The van der Waals surface area contributed by atoms with E-state index in [4.69, 9.17) is 5.11 Å². The molecular formula is C10H16N2O. The highest BCUT2D eigenvalue weighted by atomic mass is 16.3. The van der Waals surface area contributed by atoms with Crippen molar-refractivity contribution in [1.82, 2.24) is 9.88 Å². The van der Waals surface area contributed by atoms with Gasteiger partial charge in [0.15, 0.2) is 0 Å². The zero-order chi connectivity index (χ0) is 9.10. The van der Waals surface area contributed by atoms with Crippen LogP contribution in [-0.2, 0) is 6.54 Å². The van der Waals surface area contributed by atoms with Crippen molar-refractivity contribution in [3.8, 4) is 0 Å². The van der Waals surface area contributed by atoms with Crippen molar-refractivity contribution in [3.05, 3.63) is 24.0 Å². The van der Waals surface area contributed by atoms with Gasteiger partial charge in [0.05, 0.1) is 6.61 Å². The van der Waals surface area contributed by atoms with Crippen LogP contribution >= 0.6 is 0 Å². The number of aliphatic hydroxyl groups is 1. The van der Waals surface area contributed by atoms with Gasteiger partial charge < -0.3 is 10.1 Å². The third kappa shape index (κ3) is 2.32. The highest BCUT2D eigenvalue weighted by molar-refractivity contribution is 5.08. The Morgan fingerprint density at radius 2 is 2.38 bits per heavy atom. The van der Waals surface area contributed by atoms with Gasteiger partial charge in [-0.3, -0.25) is 4.90 Å². The Morgan fingerprint density at radius 3 is 2.92 bits per heavy atom. The van der Waals surface area contributed by atoms with E-state index >= 15 is 0 Å². The molecule has 1 fully saturated rings. The van der Waals surface area contributed by atoms with Gasteiger partial charge in [0.1, 0.15) is 0 Å². The van der Waals surface area contributed by atoms with E-state index in [1.807, 2.05) is 12.4 Å². The van der Waals surface area contributed by atoms with Crippen molar-refractivity contribution in [1.29, 1.82) is 0 Å². The predicted octanol–water partition coefficient (Wildman–Crippen LogP) is 0.971. The molecule has 0 bridgehead atoms. The smallest absolute Gasteiger partial charge is 0.0558 e. The van der Waals surface area contributed by atoms with Crippen LogP contribution in [-0.4, -0.2) is 34.2 Å². The van der Waals surface area contributed by atoms with Gasteiger partial charge in [0.25, 0.3) is 0 Å². The molecule has 0 radical (unpaired) electrons. The first-order valence-electron chi connectivity index (χ1n) is 4.86. The van der Waals surface area contributed by atoms with E-state index in [2.05, 4.69) is 16.0 Å². The summed E-state index contributed by atoms with van der Waals surface area (Å²) in [6.07, 6.45) is 6.56. The quantitative estimate of drug-likeness (QED) is 0.708. The van der Waals surface area contributed by atoms with Crippen LogP contribution in [0.5, 0.6) is 0 Å². The molecule has 2 rings (SSSR count). The third-order valence-corrected chi connectivity index (χ3v) is 2.50. The van der Waals surface area contributed by atoms with Crippen molar-refractivity contribution in [3.63, 3.8) is 0 Å². The first-order chi connectivity index (χ1) is 6.40. The molecule has 0 atom stereocenters. The molecule has 3 heteroatoms. The average molecular weight is 180 g/mol. The van der Waals surface area contributed by atoms with Crippen molar-refractivity contribution in [2.45, 2.75) is 25.4 Å². The summed E-state index contributed by atoms with van der Waals surface area (Å²) in [5.74, 6) is 0. The number of nitrogens with zero attached hydrogens (tertiary/aromatic N) is 1. The van der Waals surface area contributed by atoms with Gasteiger partial charge in [-0.25, -0.2) is 0 Å². The number of H-pyrrole nitrogens is 1. The summed E-state index contributed by atoms with van der Waals surface area (Å²) in [5, 5.41) is 8.89. The monoisotopic (exact) mass is 180 g/mol. The molecule has 1 saturated carbocycles. The Bertz CT molecular complexity index is 241.